The molecule has 8 heteroatoms. The number of anilines is 2. The summed E-state index contributed by atoms with van der Waals surface area (Å²) < 4.78 is 1.05. The van der Waals surface area contributed by atoms with Gasteiger partial charge in [0.05, 0.1) is 21.3 Å². The second kappa shape index (κ2) is 7.62. The molecule has 1 amide bonds. The van der Waals surface area contributed by atoms with Crippen LogP contribution in [-0.4, -0.2) is 59.0 Å². The van der Waals surface area contributed by atoms with Crippen LogP contribution in [0, 0.1) is 6.92 Å². The van der Waals surface area contributed by atoms with Crippen LogP contribution >= 0.6 is 11.3 Å². The van der Waals surface area contributed by atoms with E-state index in [0.29, 0.717) is 22.2 Å². The minimum atomic E-state index is -0.279. The lowest BCUT2D eigenvalue weighted by atomic mass is 10.2. The van der Waals surface area contributed by atoms with Crippen LogP contribution in [0.3, 0.4) is 0 Å². The third kappa shape index (κ3) is 3.48. The number of nitrogens with one attached hydrogen (secondary N) is 1. The van der Waals surface area contributed by atoms with E-state index in [1.165, 1.54) is 11.3 Å². The zero-order valence-corrected chi connectivity index (χ0v) is 17.7. The van der Waals surface area contributed by atoms with Gasteiger partial charge in [-0.05, 0) is 37.7 Å². The number of aryl methyl sites for hydroxylation is 1. The van der Waals surface area contributed by atoms with Crippen LogP contribution in [0.1, 0.15) is 16.1 Å². The number of rotatable bonds is 3. The number of likely N-dealkylation sites (N-methyl/N-ethyl adjacent to an activating group) is 1. The highest BCUT2D eigenvalue weighted by atomic mass is 32.1. The van der Waals surface area contributed by atoms with Crippen molar-refractivity contribution >= 4 is 49.4 Å². The number of benzene rings is 2. The quantitative estimate of drug-likeness (QED) is 0.548. The number of nitrogens with zero attached hydrogens (tertiary/aromatic N) is 5. The number of carbonyl (C=O) groups excluding carboxylic acids is 1. The molecule has 0 aliphatic carbocycles. The van der Waals surface area contributed by atoms with E-state index in [2.05, 4.69) is 32.1 Å². The molecule has 2 aromatic heterocycles. The van der Waals surface area contributed by atoms with Crippen LogP contribution < -0.4 is 10.2 Å². The van der Waals surface area contributed by atoms with Gasteiger partial charge in [0.25, 0.3) is 5.91 Å². The Balaban J connectivity index is 1.53. The van der Waals surface area contributed by atoms with Crippen molar-refractivity contribution in [2.75, 3.05) is 43.4 Å². The van der Waals surface area contributed by atoms with Crippen LogP contribution in [0.15, 0.2) is 42.5 Å². The Morgan fingerprint density at radius 2 is 1.70 bits per heavy atom. The summed E-state index contributed by atoms with van der Waals surface area (Å²) in [5, 5.41) is 3.53. The molecule has 1 saturated heterocycles. The molecule has 152 valence electrons. The standard InChI is InChI=1S/C22H22N6OS/c1-14-6-5-9-17-18(14)25-22(30-17)26-21(29)19-20(28-12-10-27(2)11-13-28)24-16-8-4-3-7-15(16)23-19/h3-9H,10-13H2,1-2H3,(H,25,26,29). The first-order chi connectivity index (χ1) is 14.6. The van der Waals surface area contributed by atoms with Crippen molar-refractivity contribution < 1.29 is 4.79 Å². The molecule has 0 atom stereocenters. The molecule has 1 N–H and O–H groups in total. The molecule has 2 aromatic carbocycles. The van der Waals surface area contributed by atoms with Crippen molar-refractivity contribution in [3.05, 3.63) is 53.7 Å². The first-order valence-electron chi connectivity index (χ1n) is 9.96. The Labute approximate surface area is 178 Å². The summed E-state index contributed by atoms with van der Waals surface area (Å²) in [6.07, 6.45) is 0. The third-order valence-electron chi connectivity index (χ3n) is 5.41. The summed E-state index contributed by atoms with van der Waals surface area (Å²) in [5.74, 6) is 0.357. The molecule has 3 heterocycles. The highest BCUT2D eigenvalue weighted by molar-refractivity contribution is 7.22. The van der Waals surface area contributed by atoms with E-state index < -0.39 is 0 Å². The Morgan fingerprint density at radius 3 is 2.43 bits per heavy atom. The van der Waals surface area contributed by atoms with E-state index in [1.807, 2.05) is 49.4 Å². The maximum atomic E-state index is 13.3. The Bertz CT molecular complexity index is 1250. The van der Waals surface area contributed by atoms with Gasteiger partial charge in [-0.1, -0.05) is 35.6 Å². The molecule has 1 aliphatic heterocycles. The van der Waals surface area contributed by atoms with Gasteiger partial charge in [-0.3, -0.25) is 10.1 Å². The van der Waals surface area contributed by atoms with Gasteiger partial charge in [0.15, 0.2) is 16.6 Å². The Kier molecular flexibility index (Phi) is 4.80. The van der Waals surface area contributed by atoms with E-state index in [4.69, 9.17) is 4.98 Å². The average Bonchev–Trinajstić information content (AvgIpc) is 3.17. The molecule has 1 aliphatic rings. The van der Waals surface area contributed by atoms with Gasteiger partial charge in [-0.25, -0.2) is 15.0 Å². The molecule has 4 aromatic rings. The van der Waals surface area contributed by atoms with E-state index in [-0.39, 0.29) is 5.91 Å². The number of piperazine rings is 1. The average molecular weight is 419 g/mol. The Morgan fingerprint density at radius 1 is 0.967 bits per heavy atom. The second-order valence-corrected chi connectivity index (χ2v) is 8.60. The Hall–Kier alpha value is -3.10. The number of hydrogen-bond acceptors (Lipinski definition) is 7. The van der Waals surface area contributed by atoms with Gasteiger partial charge in [0.1, 0.15) is 0 Å². The number of aromatic nitrogens is 3. The van der Waals surface area contributed by atoms with Crippen LogP contribution in [0.2, 0.25) is 0 Å². The molecule has 0 spiro atoms. The highest BCUT2D eigenvalue weighted by Crippen LogP contribution is 2.29. The molecule has 7 nitrogen and oxygen atoms in total. The summed E-state index contributed by atoms with van der Waals surface area (Å²) in [7, 11) is 2.10. The van der Waals surface area contributed by atoms with Crippen molar-refractivity contribution in [2.45, 2.75) is 6.92 Å². The van der Waals surface area contributed by atoms with Crippen LogP contribution in [0.4, 0.5) is 10.9 Å². The van der Waals surface area contributed by atoms with Gasteiger partial charge < -0.3 is 9.80 Å². The number of thiazole rings is 1. The van der Waals surface area contributed by atoms with Crippen molar-refractivity contribution in [3.8, 4) is 0 Å². The van der Waals surface area contributed by atoms with E-state index in [1.54, 1.807) is 0 Å². The van der Waals surface area contributed by atoms with Crippen molar-refractivity contribution in [2.24, 2.45) is 0 Å². The predicted octanol–water partition coefficient (Wildman–Crippen LogP) is 3.55. The molecule has 1 fully saturated rings. The normalized spacial score (nSPS) is 15.1. The van der Waals surface area contributed by atoms with E-state index >= 15 is 0 Å². The van der Waals surface area contributed by atoms with Crippen molar-refractivity contribution in [1.82, 2.24) is 19.9 Å². The highest BCUT2D eigenvalue weighted by Gasteiger charge is 2.24. The van der Waals surface area contributed by atoms with Gasteiger partial charge >= 0.3 is 0 Å². The molecule has 5 rings (SSSR count). The van der Waals surface area contributed by atoms with Gasteiger partial charge in [-0.15, -0.1) is 0 Å². The first-order valence-corrected chi connectivity index (χ1v) is 10.8. The lowest BCUT2D eigenvalue weighted by Gasteiger charge is -2.33. The fourth-order valence-electron chi connectivity index (χ4n) is 3.68. The van der Waals surface area contributed by atoms with Gasteiger partial charge in [-0.2, -0.15) is 0 Å². The van der Waals surface area contributed by atoms with Crippen molar-refractivity contribution in [3.63, 3.8) is 0 Å². The second-order valence-electron chi connectivity index (χ2n) is 7.57. The fourth-order valence-corrected chi connectivity index (χ4v) is 4.62. The van der Waals surface area contributed by atoms with Gasteiger partial charge in [0, 0.05) is 26.2 Å². The topological polar surface area (TPSA) is 74.2 Å². The fraction of sp³-hybridized carbons (Fsp3) is 0.273. The summed E-state index contributed by atoms with van der Waals surface area (Å²) in [5.41, 5.74) is 3.85. The lowest BCUT2D eigenvalue weighted by molar-refractivity contribution is 0.102. The number of carbonyl (C=O) groups is 1. The number of amides is 1. The monoisotopic (exact) mass is 418 g/mol. The molecule has 0 bridgehead atoms. The number of para-hydroxylation sites is 3. The molecule has 0 unspecified atom stereocenters. The predicted molar refractivity (Wildman–Crippen MR) is 122 cm³/mol. The molecule has 30 heavy (non-hydrogen) atoms. The SMILES string of the molecule is Cc1cccc2sc(NC(=O)c3nc4ccccc4nc3N3CCN(C)CC3)nc12. The smallest absolute Gasteiger partial charge is 0.279 e. The molecular formula is C22H22N6OS. The van der Waals surface area contributed by atoms with Crippen LogP contribution in [-0.2, 0) is 0 Å². The van der Waals surface area contributed by atoms with Crippen LogP contribution in [0.5, 0.6) is 0 Å². The number of fused-ring (bicyclic) bond motifs is 2. The summed E-state index contributed by atoms with van der Waals surface area (Å²) >= 11 is 1.47. The maximum Gasteiger partial charge on any atom is 0.279 e. The summed E-state index contributed by atoms with van der Waals surface area (Å²) in [6.45, 7) is 5.49. The zero-order chi connectivity index (χ0) is 20.7. The summed E-state index contributed by atoms with van der Waals surface area (Å²) in [6, 6.07) is 13.7. The minimum absolute atomic E-state index is 0.279. The van der Waals surface area contributed by atoms with Crippen LogP contribution in [0.25, 0.3) is 21.3 Å². The van der Waals surface area contributed by atoms with E-state index in [0.717, 1.165) is 47.5 Å². The van der Waals surface area contributed by atoms with Gasteiger partial charge in [0.2, 0.25) is 0 Å². The minimum Gasteiger partial charge on any atom is -0.352 e. The first kappa shape index (κ1) is 18.9. The molecule has 0 saturated carbocycles. The maximum absolute atomic E-state index is 13.3. The van der Waals surface area contributed by atoms with Crippen molar-refractivity contribution in [1.29, 1.82) is 0 Å². The number of hydrogen-bond donors (Lipinski definition) is 1. The van der Waals surface area contributed by atoms with E-state index in [9.17, 15) is 4.79 Å². The largest absolute Gasteiger partial charge is 0.352 e. The summed E-state index contributed by atoms with van der Waals surface area (Å²) in [4.78, 5) is 31.8. The third-order valence-corrected chi connectivity index (χ3v) is 6.35. The molecular weight excluding hydrogens is 396 g/mol. The lowest BCUT2D eigenvalue weighted by Crippen LogP contribution is -2.45. The zero-order valence-electron chi connectivity index (χ0n) is 16.9. The molecule has 0 radical (unpaired) electrons.